The zero-order chi connectivity index (χ0) is 17.4. The molecule has 3 atom stereocenters. The number of guanidine groups is 1. The molecule has 2 aliphatic carbocycles. The number of hydrogen-bond donors (Lipinski definition) is 2. The van der Waals surface area contributed by atoms with Gasteiger partial charge in [-0.05, 0) is 32.1 Å². The Morgan fingerprint density at radius 1 is 1.24 bits per heavy atom. The number of aliphatic imine (C=N–C) groups is 1. The first kappa shape index (κ1) is 16.9. The van der Waals surface area contributed by atoms with E-state index >= 15 is 0 Å². The van der Waals surface area contributed by atoms with E-state index in [-0.39, 0.29) is 6.09 Å². The van der Waals surface area contributed by atoms with Crippen molar-refractivity contribution in [3.05, 3.63) is 0 Å². The zero-order valence-corrected chi connectivity index (χ0v) is 15.3. The SMILES string of the molecule is CN=C(NC1CCN(C(=O)OC)CC1)NC1C2CCOC2C12CCC2. The van der Waals surface area contributed by atoms with E-state index in [1.807, 2.05) is 7.05 Å². The van der Waals surface area contributed by atoms with E-state index in [2.05, 4.69) is 15.6 Å². The molecule has 25 heavy (non-hydrogen) atoms. The molecule has 140 valence electrons. The Balaban J connectivity index is 1.31. The smallest absolute Gasteiger partial charge is 0.409 e. The number of carbonyl (C=O) groups is 1. The minimum absolute atomic E-state index is 0.227. The highest BCUT2D eigenvalue weighted by atomic mass is 16.5. The van der Waals surface area contributed by atoms with E-state index < -0.39 is 0 Å². The highest BCUT2D eigenvalue weighted by Crippen LogP contribution is 2.62. The van der Waals surface area contributed by atoms with Gasteiger partial charge >= 0.3 is 6.09 Å². The minimum atomic E-state index is -0.227. The van der Waals surface area contributed by atoms with Gasteiger partial charge in [-0.25, -0.2) is 4.79 Å². The molecule has 2 aliphatic heterocycles. The van der Waals surface area contributed by atoms with Crippen molar-refractivity contribution in [2.75, 3.05) is 33.9 Å². The number of nitrogens with zero attached hydrogens (tertiary/aromatic N) is 2. The molecular formula is C18H30N4O3. The second-order valence-electron chi connectivity index (χ2n) is 7.90. The van der Waals surface area contributed by atoms with Crippen LogP contribution in [0.2, 0.25) is 0 Å². The molecule has 4 rings (SSSR count). The van der Waals surface area contributed by atoms with Gasteiger partial charge < -0.3 is 25.0 Å². The molecule has 4 aliphatic rings. The molecule has 0 aromatic rings. The molecule has 0 aromatic carbocycles. The Kier molecular flexibility index (Phi) is 4.52. The van der Waals surface area contributed by atoms with Gasteiger partial charge in [-0.1, -0.05) is 6.42 Å². The van der Waals surface area contributed by atoms with Gasteiger partial charge in [0.2, 0.25) is 0 Å². The van der Waals surface area contributed by atoms with Crippen LogP contribution in [0.1, 0.15) is 38.5 Å². The minimum Gasteiger partial charge on any atom is -0.453 e. The maximum absolute atomic E-state index is 11.6. The molecule has 1 amide bonds. The van der Waals surface area contributed by atoms with Crippen LogP contribution in [0.5, 0.6) is 0 Å². The van der Waals surface area contributed by atoms with Crippen LogP contribution in [0.25, 0.3) is 0 Å². The van der Waals surface area contributed by atoms with Crippen molar-refractivity contribution >= 4 is 12.1 Å². The molecule has 0 aromatic heterocycles. The molecule has 3 unspecified atom stereocenters. The Bertz CT molecular complexity index is 540. The number of ether oxygens (including phenoxy) is 2. The number of hydrogen-bond acceptors (Lipinski definition) is 4. The first-order valence-corrected chi connectivity index (χ1v) is 9.62. The predicted molar refractivity (Wildman–Crippen MR) is 94.5 cm³/mol. The van der Waals surface area contributed by atoms with E-state index in [4.69, 9.17) is 9.47 Å². The van der Waals surface area contributed by atoms with Gasteiger partial charge in [-0.2, -0.15) is 0 Å². The molecule has 2 heterocycles. The lowest BCUT2D eigenvalue weighted by molar-refractivity contribution is -0.171. The summed E-state index contributed by atoms with van der Waals surface area (Å²) < 4.78 is 10.8. The molecule has 1 spiro atoms. The van der Waals surface area contributed by atoms with Gasteiger partial charge in [0.1, 0.15) is 0 Å². The Hall–Kier alpha value is -1.50. The van der Waals surface area contributed by atoms with Crippen LogP contribution in [0.3, 0.4) is 0 Å². The second-order valence-corrected chi connectivity index (χ2v) is 7.90. The third-order valence-corrected chi connectivity index (χ3v) is 6.82. The van der Waals surface area contributed by atoms with Gasteiger partial charge in [0, 0.05) is 50.2 Å². The Morgan fingerprint density at radius 3 is 2.60 bits per heavy atom. The molecule has 2 saturated heterocycles. The molecule has 0 bridgehead atoms. The van der Waals surface area contributed by atoms with Crippen molar-refractivity contribution in [3.8, 4) is 0 Å². The highest BCUT2D eigenvalue weighted by molar-refractivity contribution is 5.80. The van der Waals surface area contributed by atoms with E-state index in [1.165, 1.54) is 32.8 Å². The lowest BCUT2D eigenvalue weighted by atomic mass is 9.46. The third kappa shape index (κ3) is 2.76. The van der Waals surface area contributed by atoms with Crippen LogP contribution in [-0.2, 0) is 9.47 Å². The Morgan fingerprint density at radius 2 is 2.00 bits per heavy atom. The summed E-state index contributed by atoms with van der Waals surface area (Å²) in [5.74, 6) is 1.54. The number of amides is 1. The van der Waals surface area contributed by atoms with Crippen molar-refractivity contribution in [2.24, 2.45) is 16.3 Å². The van der Waals surface area contributed by atoms with Crippen LogP contribution >= 0.6 is 0 Å². The molecule has 4 fully saturated rings. The van der Waals surface area contributed by atoms with Gasteiger partial charge in [0.25, 0.3) is 0 Å². The van der Waals surface area contributed by atoms with Crippen LogP contribution in [0, 0.1) is 11.3 Å². The fourth-order valence-corrected chi connectivity index (χ4v) is 5.30. The number of methoxy groups -OCH3 is 1. The zero-order valence-electron chi connectivity index (χ0n) is 15.3. The number of piperidine rings is 1. The number of likely N-dealkylation sites (tertiary alicyclic amines) is 1. The molecular weight excluding hydrogens is 320 g/mol. The summed E-state index contributed by atoms with van der Waals surface area (Å²) >= 11 is 0. The van der Waals surface area contributed by atoms with Gasteiger partial charge in [0.15, 0.2) is 5.96 Å². The lowest BCUT2D eigenvalue weighted by Gasteiger charge is -2.63. The van der Waals surface area contributed by atoms with Crippen molar-refractivity contribution in [2.45, 2.75) is 56.7 Å². The quantitative estimate of drug-likeness (QED) is 0.581. The fourth-order valence-electron chi connectivity index (χ4n) is 5.30. The van der Waals surface area contributed by atoms with E-state index in [0.717, 1.165) is 38.5 Å². The second kappa shape index (κ2) is 6.67. The molecule has 7 heteroatoms. The van der Waals surface area contributed by atoms with Crippen molar-refractivity contribution in [1.82, 2.24) is 15.5 Å². The van der Waals surface area contributed by atoms with E-state index in [0.29, 0.717) is 29.5 Å². The monoisotopic (exact) mass is 350 g/mol. The van der Waals surface area contributed by atoms with Gasteiger partial charge in [0.05, 0.1) is 13.2 Å². The lowest BCUT2D eigenvalue weighted by Crippen LogP contribution is -2.72. The van der Waals surface area contributed by atoms with Crippen LogP contribution < -0.4 is 10.6 Å². The summed E-state index contributed by atoms with van der Waals surface area (Å²) in [6, 6.07) is 0.843. The average molecular weight is 350 g/mol. The highest BCUT2D eigenvalue weighted by Gasteiger charge is 2.66. The largest absolute Gasteiger partial charge is 0.453 e. The Labute approximate surface area is 149 Å². The summed E-state index contributed by atoms with van der Waals surface area (Å²) in [5.41, 5.74) is 0.354. The first-order valence-electron chi connectivity index (χ1n) is 9.62. The summed E-state index contributed by atoms with van der Waals surface area (Å²) in [4.78, 5) is 17.8. The summed E-state index contributed by atoms with van der Waals surface area (Å²) in [6.07, 6.45) is 7.12. The number of nitrogens with one attached hydrogen (secondary N) is 2. The summed E-state index contributed by atoms with van der Waals surface area (Å²) in [5, 5.41) is 7.28. The van der Waals surface area contributed by atoms with Crippen molar-refractivity contribution < 1.29 is 14.3 Å². The fraction of sp³-hybridized carbons (Fsp3) is 0.889. The first-order chi connectivity index (χ1) is 12.2. The summed E-state index contributed by atoms with van der Waals surface area (Å²) in [6.45, 7) is 2.37. The normalized spacial score (nSPS) is 34.1. The average Bonchev–Trinajstić information content (AvgIpc) is 3.02. The van der Waals surface area contributed by atoms with Gasteiger partial charge in [-0.3, -0.25) is 4.99 Å². The third-order valence-electron chi connectivity index (χ3n) is 6.82. The number of rotatable bonds is 2. The molecule has 2 N–H and O–H groups in total. The predicted octanol–water partition coefficient (Wildman–Crippen LogP) is 1.34. The summed E-state index contributed by atoms with van der Waals surface area (Å²) in [7, 11) is 3.28. The molecule has 2 saturated carbocycles. The standard InChI is InChI=1S/C18H30N4O3/c1-19-16(20-12-4-9-22(10-5-12)17(23)24-2)21-14-13-6-11-25-15(13)18(14)7-3-8-18/h12-15H,3-11H2,1-2H3,(H2,19,20,21). The van der Waals surface area contributed by atoms with Crippen LogP contribution in [-0.4, -0.2) is 69.0 Å². The maximum atomic E-state index is 11.6. The number of fused-ring (bicyclic) bond motifs is 2. The van der Waals surface area contributed by atoms with Crippen molar-refractivity contribution in [1.29, 1.82) is 0 Å². The molecule has 7 nitrogen and oxygen atoms in total. The van der Waals surface area contributed by atoms with E-state index in [1.54, 1.807) is 4.90 Å². The van der Waals surface area contributed by atoms with Crippen LogP contribution in [0.4, 0.5) is 4.79 Å². The maximum Gasteiger partial charge on any atom is 0.409 e. The number of carbonyl (C=O) groups excluding carboxylic acids is 1. The van der Waals surface area contributed by atoms with E-state index in [9.17, 15) is 4.79 Å². The van der Waals surface area contributed by atoms with Crippen molar-refractivity contribution in [3.63, 3.8) is 0 Å². The topological polar surface area (TPSA) is 75.2 Å². The van der Waals surface area contributed by atoms with Crippen LogP contribution in [0.15, 0.2) is 4.99 Å². The molecule has 0 radical (unpaired) electrons. The van der Waals surface area contributed by atoms with Gasteiger partial charge in [-0.15, -0.1) is 0 Å².